The quantitative estimate of drug-likeness (QED) is 0.116. The number of aliphatic hydroxyl groups excluding tert-OH is 2. The zero-order valence-electron chi connectivity index (χ0n) is 19.4. The molecule has 2 aromatic rings. The molecule has 4 aliphatic carbocycles. The first-order valence-electron chi connectivity index (χ1n) is 11.2. The van der Waals surface area contributed by atoms with Gasteiger partial charge in [-0.1, -0.05) is 11.2 Å². The number of oxime groups is 1. The third kappa shape index (κ3) is 2.53. The Kier molecular flexibility index (Phi) is 4.50. The van der Waals surface area contributed by atoms with Crippen LogP contribution in [0.2, 0.25) is 0 Å². The van der Waals surface area contributed by atoms with Crippen LogP contribution in [0.15, 0.2) is 47.3 Å². The van der Waals surface area contributed by atoms with Gasteiger partial charge in [0.2, 0.25) is 16.3 Å². The van der Waals surface area contributed by atoms with E-state index < -0.39 is 76.6 Å². The van der Waals surface area contributed by atoms with Gasteiger partial charge >= 0.3 is 0 Å². The van der Waals surface area contributed by atoms with Crippen molar-refractivity contribution in [3.8, 4) is 11.5 Å². The van der Waals surface area contributed by atoms with Gasteiger partial charge in [0.05, 0.1) is 45.3 Å². The van der Waals surface area contributed by atoms with Crippen LogP contribution in [0.25, 0.3) is 22.3 Å². The number of methoxy groups -OCH3 is 1. The Morgan fingerprint density at radius 2 is 1.58 bits per heavy atom. The van der Waals surface area contributed by atoms with Crippen molar-refractivity contribution in [2.75, 3.05) is 7.11 Å². The van der Waals surface area contributed by atoms with Crippen molar-refractivity contribution in [2.24, 2.45) is 5.16 Å². The molecule has 0 saturated heterocycles. The Balaban J connectivity index is 1.81. The molecule has 4 aliphatic rings. The number of nitrogens with one attached hydrogen (secondary N) is 1. The number of fused-ring (bicyclic) bond motifs is 4. The third-order valence-corrected chi connectivity index (χ3v) is 7.47. The van der Waals surface area contributed by atoms with Crippen LogP contribution >= 0.6 is 0 Å². The number of H-pyrrole nitrogens is 1. The summed E-state index contributed by atoms with van der Waals surface area (Å²) in [4.78, 5) is 67.6. The molecule has 1 heterocycles. The second-order valence-electron chi connectivity index (χ2n) is 9.19. The fourth-order valence-corrected chi connectivity index (χ4v) is 5.90. The predicted octanol–water partition coefficient (Wildman–Crippen LogP) is -1.68. The third-order valence-electron chi connectivity index (χ3n) is 7.47. The van der Waals surface area contributed by atoms with Gasteiger partial charge in [0.15, 0.2) is 11.2 Å². The summed E-state index contributed by atoms with van der Waals surface area (Å²) in [5, 5.41) is 43.0. The number of benzene rings is 1. The molecule has 0 aliphatic heterocycles. The number of phenolic OH excluding ortho intramolecular Hbond substituents is 1. The lowest BCUT2D eigenvalue weighted by molar-refractivity contribution is 0.321. The number of aromatic nitrogens is 1. The zero-order valence-corrected chi connectivity index (χ0v) is 19.4. The highest BCUT2D eigenvalue weighted by atomic mass is 16.5. The van der Waals surface area contributed by atoms with Gasteiger partial charge in [-0.15, -0.1) is 0 Å². The van der Waals surface area contributed by atoms with E-state index in [9.17, 15) is 39.3 Å². The summed E-state index contributed by atoms with van der Waals surface area (Å²) < 4.78 is 4.86. The van der Waals surface area contributed by atoms with E-state index in [0.29, 0.717) is 5.56 Å². The molecule has 0 amide bonds. The summed E-state index contributed by atoms with van der Waals surface area (Å²) in [5.74, 6) is -2.61. The van der Waals surface area contributed by atoms with E-state index in [4.69, 9.17) is 9.94 Å². The van der Waals surface area contributed by atoms with Gasteiger partial charge in [-0.25, -0.2) is 0 Å². The second kappa shape index (κ2) is 7.38. The van der Waals surface area contributed by atoms with E-state index >= 15 is 0 Å². The van der Waals surface area contributed by atoms with Crippen LogP contribution in [-0.2, 0) is 11.8 Å². The summed E-state index contributed by atoms with van der Waals surface area (Å²) in [6.07, 6.45) is 1.03. The van der Waals surface area contributed by atoms with Crippen LogP contribution in [0, 0.1) is 10.4 Å². The molecule has 1 unspecified atom stereocenters. The monoisotopic (exact) mass is 516 g/mol. The van der Waals surface area contributed by atoms with Gasteiger partial charge in [-0.05, 0) is 29.9 Å². The number of nitrogens with zero attached hydrogens (tertiary/aromatic N) is 1. The highest BCUT2D eigenvalue weighted by Gasteiger charge is 2.53. The Hall–Kier alpha value is -5.26. The number of rotatable bonds is 2. The van der Waals surface area contributed by atoms with Crippen molar-refractivity contribution < 1.29 is 25.3 Å². The summed E-state index contributed by atoms with van der Waals surface area (Å²) in [6.45, 7) is 0. The van der Waals surface area contributed by atoms with Gasteiger partial charge in [-0.2, -0.15) is 0 Å². The van der Waals surface area contributed by atoms with Crippen LogP contribution in [0.3, 0.4) is 0 Å². The highest BCUT2D eigenvalue weighted by molar-refractivity contribution is 5.96. The average Bonchev–Trinajstić information content (AvgIpc) is 3.36. The lowest BCUT2D eigenvalue weighted by atomic mass is 9.78. The maximum Gasteiger partial charge on any atom is 0.260 e. The minimum Gasteiger partial charge on any atom is -0.510 e. The highest BCUT2D eigenvalue weighted by Crippen LogP contribution is 2.54. The normalized spacial score (nSPS) is 18.2. The van der Waals surface area contributed by atoms with Crippen molar-refractivity contribution >= 4 is 28.5 Å². The van der Waals surface area contributed by atoms with Gasteiger partial charge in [0.25, 0.3) is 5.56 Å². The number of aromatic amines is 1. The number of aliphatic hydroxyl groups is 2. The number of aryl methyl sites for hydroxylation is 1. The molecule has 1 atom stereocenters. The molecule has 0 radical (unpaired) electrons. The molecule has 0 fully saturated rings. The van der Waals surface area contributed by atoms with Gasteiger partial charge < -0.3 is 30.2 Å². The molecule has 1 aromatic heterocycles. The number of phenols is 1. The van der Waals surface area contributed by atoms with Crippen LogP contribution in [-0.4, -0.2) is 38.8 Å². The summed E-state index contributed by atoms with van der Waals surface area (Å²) in [7, 11) is 1.11. The predicted molar refractivity (Wildman–Crippen MR) is 133 cm³/mol. The van der Waals surface area contributed by atoms with Crippen molar-refractivity contribution in [3.63, 3.8) is 0 Å². The first-order chi connectivity index (χ1) is 18.1. The Labute approximate surface area is 208 Å². The maximum absolute atomic E-state index is 13.5. The van der Waals surface area contributed by atoms with Gasteiger partial charge in [0.1, 0.15) is 22.7 Å². The molecule has 1 aromatic carbocycles. The molecule has 6 rings (SSSR count). The van der Waals surface area contributed by atoms with Crippen molar-refractivity contribution in [3.05, 3.63) is 107 Å². The molecule has 1 spiro atoms. The Morgan fingerprint density at radius 1 is 0.921 bits per heavy atom. The molecule has 0 bridgehead atoms. The second-order valence-corrected chi connectivity index (χ2v) is 9.19. The molecule has 0 saturated carbocycles. The van der Waals surface area contributed by atoms with Crippen molar-refractivity contribution in [1.29, 1.82) is 0 Å². The van der Waals surface area contributed by atoms with Crippen LogP contribution < -0.4 is 42.4 Å². The summed E-state index contributed by atoms with van der Waals surface area (Å²) in [6, 6.07) is 3.75. The number of ether oxygens (including phenoxy) is 1. The molecule has 38 heavy (non-hydrogen) atoms. The van der Waals surface area contributed by atoms with E-state index in [1.807, 2.05) is 0 Å². The van der Waals surface area contributed by atoms with E-state index in [2.05, 4.69) is 10.1 Å². The summed E-state index contributed by atoms with van der Waals surface area (Å²) >= 11 is 0. The van der Waals surface area contributed by atoms with Crippen LogP contribution in [0.4, 0.5) is 0 Å². The molecular formula is C26H16N2O10. The minimum absolute atomic E-state index is 0.0876. The van der Waals surface area contributed by atoms with E-state index in [1.165, 1.54) is 12.1 Å². The molecule has 12 nitrogen and oxygen atoms in total. The van der Waals surface area contributed by atoms with E-state index in [1.54, 1.807) is 0 Å². The van der Waals surface area contributed by atoms with E-state index in [-0.39, 0.29) is 34.9 Å². The zero-order chi connectivity index (χ0) is 27.3. The Bertz CT molecular complexity index is 2280. The van der Waals surface area contributed by atoms with Crippen LogP contribution in [0.1, 0.15) is 23.2 Å². The smallest absolute Gasteiger partial charge is 0.260 e. The number of pyridine rings is 1. The number of aromatic hydroxyl groups is 1. The number of hydrogen-bond acceptors (Lipinski definition) is 11. The first-order valence-corrected chi connectivity index (χ1v) is 11.2. The van der Waals surface area contributed by atoms with Crippen molar-refractivity contribution in [1.82, 2.24) is 4.98 Å². The van der Waals surface area contributed by atoms with Crippen LogP contribution in [0.5, 0.6) is 11.5 Å². The lowest BCUT2D eigenvalue weighted by Crippen LogP contribution is -2.51. The molecule has 5 N–H and O–H groups in total. The molecular weight excluding hydrogens is 500 g/mol. The molecule has 12 heteroatoms. The largest absolute Gasteiger partial charge is 0.510 e. The SMILES string of the molecule is COc1cc(=O)c2c(=O)c3c(c(=O)c=2c1=O)=C(O)C1(CCc2cc4cc(/C=N/O)[nH]c(=O)c4c(O)c21)C=3O. The fraction of sp³-hybridized carbons (Fsp3) is 0.154. The van der Waals surface area contributed by atoms with Gasteiger partial charge in [-0.3, -0.25) is 24.0 Å². The maximum atomic E-state index is 13.5. The average molecular weight is 516 g/mol. The standard InChI is InChI=1S/C26H16N2O10/c1-38-12-6-11(29)14-15(19(12)30)21(32)17-16(20(14)31)23(34)26(24(17)35)3-2-8-4-9-5-10(7-27-37)28-25(36)13(9)22(33)18(8)26/h4-7,33-35,37H,2-3H2,1H3,(H,28,36)/b27-7+. The topological polar surface area (TPSA) is 204 Å². The Morgan fingerprint density at radius 3 is 2.21 bits per heavy atom. The summed E-state index contributed by atoms with van der Waals surface area (Å²) in [5.41, 5.74) is -6.54. The molecule has 190 valence electrons. The number of hydrogen-bond donors (Lipinski definition) is 5. The van der Waals surface area contributed by atoms with Gasteiger partial charge in [0, 0.05) is 11.6 Å². The first kappa shape index (κ1) is 23.2. The minimum atomic E-state index is -1.97. The van der Waals surface area contributed by atoms with E-state index in [0.717, 1.165) is 19.4 Å². The fourth-order valence-electron chi connectivity index (χ4n) is 5.90. The van der Waals surface area contributed by atoms with Crippen molar-refractivity contribution in [2.45, 2.75) is 18.3 Å². The lowest BCUT2D eigenvalue weighted by Gasteiger charge is -2.27.